The van der Waals surface area contributed by atoms with E-state index in [0.29, 0.717) is 25.3 Å². The van der Waals surface area contributed by atoms with Crippen LogP contribution in [0.4, 0.5) is 15.3 Å². The average Bonchev–Trinajstić information content (AvgIpc) is 2.74. The van der Waals surface area contributed by atoms with Gasteiger partial charge in [0.15, 0.2) is 0 Å². The number of rotatable bonds is 4. The summed E-state index contributed by atoms with van der Waals surface area (Å²) in [5, 5.41) is 2.81. The zero-order chi connectivity index (χ0) is 22.4. The van der Waals surface area contributed by atoms with Crippen molar-refractivity contribution in [2.24, 2.45) is 0 Å². The molecular formula is C20H27N7O3S. The minimum Gasteiger partial charge on any atom is -0.391 e. The lowest BCUT2D eigenvalue weighted by molar-refractivity contribution is 0.106. The minimum absolute atomic E-state index is 0.161. The van der Waals surface area contributed by atoms with Crippen LogP contribution in [0.2, 0.25) is 0 Å². The Kier molecular flexibility index (Phi) is 7.29. The van der Waals surface area contributed by atoms with E-state index in [1.54, 1.807) is 29.6 Å². The molecule has 1 N–H and O–H groups in total. The summed E-state index contributed by atoms with van der Waals surface area (Å²) in [5.74, 6) is 0.161. The van der Waals surface area contributed by atoms with Gasteiger partial charge in [-0.15, -0.1) is 0 Å². The first-order valence-corrected chi connectivity index (χ1v) is 10.3. The van der Waals surface area contributed by atoms with E-state index in [2.05, 4.69) is 38.0 Å². The van der Waals surface area contributed by atoms with E-state index in [1.165, 1.54) is 12.3 Å². The van der Waals surface area contributed by atoms with Gasteiger partial charge in [0, 0.05) is 62.9 Å². The molecule has 0 saturated carbocycles. The molecule has 0 aliphatic carbocycles. The highest BCUT2D eigenvalue weighted by molar-refractivity contribution is 7.82. The summed E-state index contributed by atoms with van der Waals surface area (Å²) in [4.78, 5) is 41.0. The van der Waals surface area contributed by atoms with Gasteiger partial charge in [0.25, 0.3) is 0 Å². The number of nitrogens with zero attached hydrogens (tertiary/aromatic N) is 6. The van der Waals surface area contributed by atoms with Crippen LogP contribution in [0, 0.1) is 0 Å². The van der Waals surface area contributed by atoms with Crippen LogP contribution in [0.5, 0.6) is 5.88 Å². The van der Waals surface area contributed by atoms with Crippen LogP contribution >= 0.6 is 12.8 Å². The Balaban J connectivity index is 1.48. The molecule has 0 unspecified atom stereocenters. The molecule has 31 heavy (non-hydrogen) atoms. The van der Waals surface area contributed by atoms with E-state index in [0.717, 1.165) is 23.1 Å². The summed E-state index contributed by atoms with van der Waals surface area (Å²) < 4.78 is 6.53. The van der Waals surface area contributed by atoms with Gasteiger partial charge in [-0.25, -0.2) is 18.9 Å². The van der Waals surface area contributed by atoms with Gasteiger partial charge in [0.05, 0.1) is 17.6 Å². The van der Waals surface area contributed by atoms with Crippen molar-refractivity contribution in [3.05, 3.63) is 42.6 Å². The predicted molar refractivity (Wildman–Crippen MR) is 119 cm³/mol. The SMILES string of the molecule is CC(C)(C)NC(=O)N(S)c1ccc(OC(=O)N2CCN(Cc3cnccn3)CC2)nc1. The third-order valence-electron chi connectivity index (χ3n) is 4.46. The van der Waals surface area contributed by atoms with Crippen molar-refractivity contribution in [1.29, 1.82) is 0 Å². The van der Waals surface area contributed by atoms with Crippen LogP contribution in [-0.4, -0.2) is 68.6 Å². The molecule has 2 aromatic rings. The molecule has 0 spiro atoms. The zero-order valence-electron chi connectivity index (χ0n) is 17.9. The average molecular weight is 446 g/mol. The fraction of sp³-hybridized carbons (Fsp3) is 0.450. The highest BCUT2D eigenvalue weighted by Gasteiger charge is 2.24. The van der Waals surface area contributed by atoms with E-state index >= 15 is 0 Å². The van der Waals surface area contributed by atoms with Crippen molar-refractivity contribution >= 4 is 30.6 Å². The molecule has 3 amide bonds. The topological polar surface area (TPSA) is 104 Å². The summed E-state index contributed by atoms with van der Waals surface area (Å²) in [7, 11) is 0. The standard InChI is InChI=1S/C20H27N7O3S/c1-20(2,3)24-18(28)27(31)16-4-5-17(23-13-16)30-19(29)26-10-8-25(9-11-26)14-15-12-21-6-7-22-15/h4-7,12-13,31H,8-11,14H2,1-3H3,(H,24,28). The van der Waals surface area contributed by atoms with Crippen molar-refractivity contribution in [2.75, 3.05) is 30.5 Å². The van der Waals surface area contributed by atoms with Crippen LogP contribution in [0.3, 0.4) is 0 Å². The van der Waals surface area contributed by atoms with Crippen LogP contribution in [-0.2, 0) is 6.54 Å². The van der Waals surface area contributed by atoms with Crippen LogP contribution < -0.4 is 14.4 Å². The van der Waals surface area contributed by atoms with Crippen LogP contribution in [0.25, 0.3) is 0 Å². The van der Waals surface area contributed by atoms with E-state index in [-0.39, 0.29) is 17.5 Å². The van der Waals surface area contributed by atoms with Gasteiger partial charge >= 0.3 is 12.1 Å². The van der Waals surface area contributed by atoms with Gasteiger partial charge in [0.2, 0.25) is 5.88 Å². The van der Waals surface area contributed by atoms with E-state index < -0.39 is 6.09 Å². The lowest BCUT2D eigenvalue weighted by Crippen LogP contribution is -2.49. The number of amides is 3. The third kappa shape index (κ3) is 6.79. The fourth-order valence-electron chi connectivity index (χ4n) is 2.93. The molecule has 1 aliphatic heterocycles. The Labute approximate surface area is 187 Å². The molecule has 2 aromatic heterocycles. The molecular weight excluding hydrogens is 418 g/mol. The molecule has 11 heteroatoms. The minimum atomic E-state index is -0.451. The summed E-state index contributed by atoms with van der Waals surface area (Å²) in [6, 6.07) is 2.77. The lowest BCUT2D eigenvalue weighted by Gasteiger charge is -2.33. The number of thiol groups is 1. The highest BCUT2D eigenvalue weighted by Crippen LogP contribution is 2.19. The molecule has 3 heterocycles. The lowest BCUT2D eigenvalue weighted by atomic mass is 10.1. The van der Waals surface area contributed by atoms with Crippen LogP contribution in [0.15, 0.2) is 36.9 Å². The van der Waals surface area contributed by atoms with Gasteiger partial charge in [-0.05, 0) is 26.8 Å². The predicted octanol–water partition coefficient (Wildman–Crippen LogP) is 2.35. The normalized spacial score (nSPS) is 14.8. The van der Waals surface area contributed by atoms with Gasteiger partial charge in [-0.1, -0.05) is 12.8 Å². The quantitative estimate of drug-likeness (QED) is 0.696. The maximum Gasteiger partial charge on any atom is 0.416 e. The van der Waals surface area contributed by atoms with Crippen molar-refractivity contribution < 1.29 is 14.3 Å². The van der Waals surface area contributed by atoms with E-state index in [9.17, 15) is 9.59 Å². The second-order valence-electron chi connectivity index (χ2n) is 8.17. The maximum absolute atomic E-state index is 12.4. The summed E-state index contributed by atoms with van der Waals surface area (Å²) in [6.07, 6.45) is 6.04. The number of piperazine rings is 1. The number of anilines is 1. The number of aromatic nitrogens is 3. The molecule has 0 atom stereocenters. The molecule has 0 radical (unpaired) electrons. The first-order chi connectivity index (χ1) is 14.7. The van der Waals surface area contributed by atoms with Crippen molar-refractivity contribution in [3.8, 4) is 5.88 Å². The highest BCUT2D eigenvalue weighted by atomic mass is 32.1. The summed E-state index contributed by atoms with van der Waals surface area (Å²) in [5.41, 5.74) is 0.971. The molecule has 0 aromatic carbocycles. The molecule has 3 rings (SSSR count). The Hall–Kier alpha value is -2.92. The summed E-state index contributed by atoms with van der Waals surface area (Å²) in [6.45, 7) is 8.87. The second kappa shape index (κ2) is 9.92. The zero-order valence-corrected chi connectivity index (χ0v) is 18.7. The molecule has 1 fully saturated rings. The number of hydrogen-bond acceptors (Lipinski definition) is 8. The van der Waals surface area contributed by atoms with Crippen LogP contribution in [0.1, 0.15) is 26.5 Å². The van der Waals surface area contributed by atoms with Crippen molar-refractivity contribution in [3.63, 3.8) is 0 Å². The van der Waals surface area contributed by atoms with Gasteiger partial charge in [0.1, 0.15) is 0 Å². The fourth-order valence-corrected chi connectivity index (χ4v) is 3.10. The van der Waals surface area contributed by atoms with Gasteiger partial charge in [-0.2, -0.15) is 0 Å². The first-order valence-electron chi connectivity index (χ1n) is 9.92. The molecule has 166 valence electrons. The number of carbonyl (C=O) groups excluding carboxylic acids is 2. The smallest absolute Gasteiger partial charge is 0.391 e. The molecule has 1 aliphatic rings. The maximum atomic E-state index is 12.4. The van der Waals surface area contributed by atoms with Crippen molar-refractivity contribution in [1.82, 2.24) is 30.1 Å². The molecule has 10 nitrogen and oxygen atoms in total. The number of nitrogens with one attached hydrogen (secondary N) is 1. The third-order valence-corrected chi connectivity index (χ3v) is 4.88. The van der Waals surface area contributed by atoms with E-state index in [1.807, 2.05) is 20.8 Å². The number of ether oxygens (including phenoxy) is 1. The number of urea groups is 1. The number of hydrogen-bond donors (Lipinski definition) is 2. The number of pyridine rings is 1. The van der Waals surface area contributed by atoms with Crippen molar-refractivity contribution in [2.45, 2.75) is 32.9 Å². The molecule has 0 bridgehead atoms. The summed E-state index contributed by atoms with van der Waals surface area (Å²) >= 11 is 4.21. The number of carbonyl (C=O) groups is 2. The van der Waals surface area contributed by atoms with Gasteiger partial charge in [-0.3, -0.25) is 14.9 Å². The Morgan fingerprint density at radius 2 is 1.87 bits per heavy atom. The largest absolute Gasteiger partial charge is 0.416 e. The van der Waals surface area contributed by atoms with Gasteiger partial charge < -0.3 is 15.0 Å². The monoisotopic (exact) mass is 445 g/mol. The second-order valence-corrected chi connectivity index (χ2v) is 8.57. The van der Waals surface area contributed by atoms with E-state index in [4.69, 9.17) is 4.74 Å². The Bertz CT molecular complexity index is 882. The first kappa shape index (κ1) is 22.8. The Morgan fingerprint density at radius 1 is 1.13 bits per heavy atom. The Morgan fingerprint density at radius 3 is 2.45 bits per heavy atom. The molecule has 1 saturated heterocycles.